The number of nitrogens with one attached hydrogen (secondary N) is 2. The number of rotatable bonds is 6. The topological polar surface area (TPSA) is 115 Å². The van der Waals surface area contributed by atoms with Gasteiger partial charge in [0.15, 0.2) is 0 Å². The number of thiol groups is 1. The summed E-state index contributed by atoms with van der Waals surface area (Å²) >= 11 is 3.87. The van der Waals surface area contributed by atoms with Crippen LogP contribution < -0.4 is 15.1 Å². The maximum atomic E-state index is 12.3. The highest BCUT2D eigenvalue weighted by atomic mass is 32.1. The van der Waals surface area contributed by atoms with E-state index >= 15 is 0 Å². The second-order valence-electron chi connectivity index (χ2n) is 7.46. The standard InChI is InChI=1S/C20H27N5O5S/c1-13-9-15(24-12-16(30-20(24)28)11-22-14(2)26)3-4-17(13)23-5-6-25(29-8-7-23)19(27)10-18(21)31/h3-4,9,16H,5-8,10-12H2,1-2H3,(H2,21,31)(H,22,26)/t16-/m0/s1. The van der Waals surface area contributed by atoms with Gasteiger partial charge in [0.05, 0.1) is 37.7 Å². The summed E-state index contributed by atoms with van der Waals surface area (Å²) in [5, 5.41) is 11.3. The zero-order valence-corrected chi connectivity index (χ0v) is 18.5. The predicted octanol–water partition coefficient (Wildman–Crippen LogP) is 1.33. The van der Waals surface area contributed by atoms with Crippen LogP contribution in [0.2, 0.25) is 0 Å². The monoisotopic (exact) mass is 449 g/mol. The van der Waals surface area contributed by atoms with Crippen molar-refractivity contribution in [1.29, 1.82) is 5.41 Å². The smallest absolute Gasteiger partial charge is 0.414 e. The van der Waals surface area contributed by atoms with Crippen LogP contribution >= 0.6 is 12.6 Å². The Balaban J connectivity index is 1.64. The Morgan fingerprint density at radius 1 is 1.29 bits per heavy atom. The molecule has 168 valence electrons. The van der Waals surface area contributed by atoms with E-state index in [0.717, 1.165) is 16.9 Å². The van der Waals surface area contributed by atoms with Gasteiger partial charge < -0.3 is 15.0 Å². The summed E-state index contributed by atoms with van der Waals surface area (Å²) < 4.78 is 5.33. The van der Waals surface area contributed by atoms with E-state index in [1.807, 2.05) is 25.1 Å². The Bertz CT molecular complexity index is 880. The van der Waals surface area contributed by atoms with Gasteiger partial charge >= 0.3 is 6.09 Å². The lowest BCUT2D eigenvalue weighted by atomic mass is 10.1. The van der Waals surface area contributed by atoms with Gasteiger partial charge in [-0.3, -0.25) is 24.7 Å². The quantitative estimate of drug-likeness (QED) is 0.343. The van der Waals surface area contributed by atoms with Gasteiger partial charge in [0.2, 0.25) is 5.91 Å². The molecule has 1 aromatic carbocycles. The number of benzene rings is 1. The second kappa shape index (κ2) is 10.0. The third-order valence-electron chi connectivity index (χ3n) is 5.06. The van der Waals surface area contributed by atoms with Crippen molar-refractivity contribution in [3.8, 4) is 0 Å². The van der Waals surface area contributed by atoms with Crippen LogP contribution in [0.3, 0.4) is 0 Å². The average Bonchev–Trinajstić information content (AvgIpc) is 2.91. The molecule has 10 nitrogen and oxygen atoms in total. The Morgan fingerprint density at radius 2 is 2.06 bits per heavy atom. The fourth-order valence-electron chi connectivity index (χ4n) is 3.58. The van der Waals surface area contributed by atoms with E-state index in [4.69, 9.17) is 15.0 Å². The highest BCUT2D eigenvalue weighted by Crippen LogP contribution is 2.29. The highest BCUT2D eigenvalue weighted by Gasteiger charge is 2.32. The number of hydrogen-bond donors (Lipinski definition) is 3. The van der Waals surface area contributed by atoms with Crippen molar-refractivity contribution in [2.45, 2.75) is 26.4 Å². The van der Waals surface area contributed by atoms with Gasteiger partial charge in [-0.25, -0.2) is 9.86 Å². The molecule has 0 saturated carbocycles. The van der Waals surface area contributed by atoms with Crippen molar-refractivity contribution in [2.75, 3.05) is 49.1 Å². The normalized spacial score (nSPS) is 19.1. The lowest BCUT2D eigenvalue weighted by molar-refractivity contribution is -0.180. The fourth-order valence-corrected chi connectivity index (χ4v) is 3.71. The molecule has 2 aliphatic heterocycles. The molecule has 1 aromatic rings. The molecule has 11 heteroatoms. The average molecular weight is 450 g/mol. The molecule has 2 aliphatic rings. The molecule has 0 aliphatic carbocycles. The van der Waals surface area contributed by atoms with Crippen LogP contribution in [0, 0.1) is 12.3 Å². The zero-order chi connectivity index (χ0) is 22.5. The maximum absolute atomic E-state index is 12.3. The number of aryl methyl sites for hydroxylation is 1. The van der Waals surface area contributed by atoms with Crippen LogP contribution in [0.15, 0.2) is 18.2 Å². The summed E-state index contributed by atoms with van der Waals surface area (Å²) in [6.45, 7) is 5.94. The van der Waals surface area contributed by atoms with Gasteiger partial charge in [-0.2, -0.15) is 0 Å². The van der Waals surface area contributed by atoms with Gasteiger partial charge in [0, 0.05) is 31.4 Å². The van der Waals surface area contributed by atoms with Gasteiger partial charge in [-0.15, -0.1) is 12.6 Å². The number of amides is 3. The first-order chi connectivity index (χ1) is 14.7. The number of cyclic esters (lactones) is 1. The van der Waals surface area contributed by atoms with Gasteiger partial charge in [0.25, 0.3) is 5.91 Å². The summed E-state index contributed by atoms with van der Waals surface area (Å²) in [5.41, 5.74) is 2.70. The Morgan fingerprint density at radius 3 is 2.74 bits per heavy atom. The summed E-state index contributed by atoms with van der Waals surface area (Å²) in [7, 11) is 0. The van der Waals surface area contributed by atoms with Gasteiger partial charge in [-0.05, 0) is 30.7 Å². The molecular weight excluding hydrogens is 422 g/mol. The number of nitrogens with zero attached hydrogens (tertiary/aromatic N) is 3. The first kappa shape index (κ1) is 22.9. The molecule has 0 spiro atoms. The van der Waals surface area contributed by atoms with Crippen molar-refractivity contribution >= 4 is 47.0 Å². The molecule has 2 N–H and O–H groups in total. The number of hydrogen-bond acceptors (Lipinski definition) is 7. The van der Waals surface area contributed by atoms with Gasteiger partial charge in [0.1, 0.15) is 6.10 Å². The Hall–Kier alpha value is -2.79. The summed E-state index contributed by atoms with van der Waals surface area (Å²) in [5.74, 6) is -0.449. The van der Waals surface area contributed by atoms with Crippen molar-refractivity contribution in [1.82, 2.24) is 10.4 Å². The fraction of sp³-hybridized carbons (Fsp3) is 0.500. The molecule has 0 aromatic heterocycles. The minimum atomic E-state index is -0.436. The van der Waals surface area contributed by atoms with E-state index in [-0.39, 0.29) is 35.9 Å². The van der Waals surface area contributed by atoms with Crippen molar-refractivity contribution in [3.63, 3.8) is 0 Å². The second-order valence-corrected chi connectivity index (χ2v) is 8.00. The van der Waals surface area contributed by atoms with Crippen LogP contribution in [0.1, 0.15) is 18.9 Å². The predicted molar refractivity (Wildman–Crippen MR) is 119 cm³/mol. The van der Waals surface area contributed by atoms with Crippen LogP contribution in [-0.2, 0) is 19.2 Å². The molecule has 3 amide bonds. The lowest BCUT2D eigenvalue weighted by Crippen LogP contribution is -2.35. The summed E-state index contributed by atoms with van der Waals surface area (Å²) in [4.78, 5) is 44.7. The first-order valence-corrected chi connectivity index (χ1v) is 10.5. The highest BCUT2D eigenvalue weighted by molar-refractivity contribution is 7.96. The van der Waals surface area contributed by atoms with Crippen LogP contribution in [0.25, 0.3) is 0 Å². The zero-order valence-electron chi connectivity index (χ0n) is 17.6. The molecule has 3 rings (SSSR count). The molecule has 0 unspecified atom stereocenters. The van der Waals surface area contributed by atoms with Crippen LogP contribution in [0.4, 0.5) is 16.2 Å². The van der Waals surface area contributed by atoms with Crippen molar-refractivity contribution in [2.24, 2.45) is 0 Å². The molecule has 2 fully saturated rings. The number of hydroxylamine groups is 2. The van der Waals surface area contributed by atoms with E-state index in [2.05, 4.69) is 22.8 Å². The van der Waals surface area contributed by atoms with E-state index in [1.165, 1.54) is 12.0 Å². The third-order valence-corrected chi connectivity index (χ3v) is 5.22. The largest absolute Gasteiger partial charge is 0.442 e. The molecule has 2 saturated heterocycles. The molecule has 0 radical (unpaired) electrons. The third kappa shape index (κ3) is 5.88. The maximum Gasteiger partial charge on any atom is 0.414 e. The molecular formula is C20H27N5O5S. The number of ether oxygens (including phenoxy) is 1. The number of carbonyl (C=O) groups is 3. The minimum absolute atomic E-state index is 0.000824. The van der Waals surface area contributed by atoms with Crippen LogP contribution in [-0.4, -0.2) is 73.4 Å². The molecule has 1 atom stereocenters. The van der Waals surface area contributed by atoms with Crippen molar-refractivity contribution < 1.29 is 24.0 Å². The molecule has 2 heterocycles. The first-order valence-electron chi connectivity index (χ1n) is 10.0. The SMILES string of the molecule is CC(=O)NC[C@H]1CN(c2ccc(N3CCON(C(=O)CC(=N)S)CC3)c(C)c2)C(=O)O1. The van der Waals surface area contributed by atoms with E-state index < -0.39 is 6.09 Å². The van der Waals surface area contributed by atoms with E-state index in [9.17, 15) is 14.4 Å². The Labute approximate surface area is 186 Å². The van der Waals surface area contributed by atoms with Crippen LogP contribution in [0.5, 0.6) is 0 Å². The van der Waals surface area contributed by atoms with Crippen molar-refractivity contribution in [3.05, 3.63) is 23.8 Å². The van der Waals surface area contributed by atoms with Gasteiger partial charge in [-0.1, -0.05) is 0 Å². The van der Waals surface area contributed by atoms with E-state index in [1.54, 1.807) is 4.90 Å². The lowest BCUT2D eigenvalue weighted by Gasteiger charge is -2.25. The molecule has 31 heavy (non-hydrogen) atoms. The number of anilines is 2. The summed E-state index contributed by atoms with van der Waals surface area (Å²) in [6, 6.07) is 5.73. The van der Waals surface area contributed by atoms with E-state index in [0.29, 0.717) is 32.8 Å². The number of carbonyl (C=O) groups excluding carboxylic acids is 3. The summed E-state index contributed by atoms with van der Waals surface area (Å²) in [6.07, 6.45) is -0.901. The minimum Gasteiger partial charge on any atom is -0.442 e. The molecule has 0 bridgehead atoms. The Kier molecular flexibility index (Phi) is 7.39.